The molecule has 2 atom stereocenters. The van der Waals surface area contributed by atoms with Crippen LogP contribution in [0, 0.1) is 0 Å². The Bertz CT molecular complexity index is 1040. The van der Waals surface area contributed by atoms with Crippen LogP contribution in [-0.2, 0) is 16.0 Å². The fourth-order valence-corrected chi connectivity index (χ4v) is 4.23. The smallest absolute Gasteiger partial charge is 0.338 e. The van der Waals surface area contributed by atoms with Crippen LogP contribution in [0.2, 0.25) is 5.02 Å². The Balaban J connectivity index is 0.00000361. The first-order valence-corrected chi connectivity index (χ1v) is 12.3. The molecule has 1 aliphatic heterocycles. The van der Waals surface area contributed by atoms with Gasteiger partial charge in [-0.3, -0.25) is 9.69 Å². The minimum absolute atomic E-state index is 0. The van der Waals surface area contributed by atoms with Crippen LogP contribution in [0.25, 0.3) is 0 Å². The standard InChI is InChI=1S/C25H34ClN5O5.2ClH/c1-4-36-25(33)17-7-5-16(6-8-17)14-28-10-12-31-11-9-20(21(15-31)34-2)29-23(32)18-13-19(26)22(27)30-24(18)35-3;;/h5-8,13,20-21,28H,4,9-12,14-15H2,1-3H3,(H2,27,30)(H,29,32);2*1H/t20-,21+;;/m0../s1. The SMILES string of the molecule is CCOC(=O)c1ccc(CNCCN2CC[C@H](NC(=O)c3cc(Cl)c(N)nc3OC)[C@H](OC)C2)cc1.Cl.Cl. The number of esters is 1. The zero-order chi connectivity index (χ0) is 26.1. The number of piperidine rings is 1. The number of benzene rings is 1. The average molecular weight is 593 g/mol. The topological polar surface area (TPSA) is 128 Å². The van der Waals surface area contributed by atoms with Gasteiger partial charge in [0, 0.05) is 39.8 Å². The van der Waals surface area contributed by atoms with E-state index in [-0.39, 0.29) is 71.1 Å². The molecule has 1 fully saturated rings. The maximum atomic E-state index is 12.9. The predicted molar refractivity (Wildman–Crippen MR) is 152 cm³/mol. The first kappa shape index (κ1) is 33.7. The van der Waals surface area contributed by atoms with Crippen molar-refractivity contribution in [1.82, 2.24) is 20.5 Å². The summed E-state index contributed by atoms with van der Waals surface area (Å²) in [4.78, 5) is 31.0. The third-order valence-electron chi connectivity index (χ3n) is 6.07. The lowest BCUT2D eigenvalue weighted by atomic mass is 10.0. The Morgan fingerprint density at radius 3 is 2.55 bits per heavy atom. The number of ether oxygens (including phenoxy) is 3. The third-order valence-corrected chi connectivity index (χ3v) is 6.37. The molecule has 0 aliphatic carbocycles. The highest BCUT2D eigenvalue weighted by molar-refractivity contribution is 6.33. The van der Waals surface area contributed by atoms with Crippen LogP contribution in [0.5, 0.6) is 5.88 Å². The number of likely N-dealkylation sites (tertiary alicyclic amines) is 1. The normalized spacial score (nSPS) is 17.1. The molecular formula is C25H36Cl3N5O5. The van der Waals surface area contributed by atoms with Gasteiger partial charge >= 0.3 is 5.97 Å². The molecule has 0 bridgehead atoms. The van der Waals surface area contributed by atoms with Crippen LogP contribution in [0.4, 0.5) is 5.82 Å². The summed E-state index contributed by atoms with van der Waals surface area (Å²) < 4.78 is 15.9. The monoisotopic (exact) mass is 591 g/mol. The average Bonchev–Trinajstić information content (AvgIpc) is 2.89. The van der Waals surface area contributed by atoms with Crippen molar-refractivity contribution in [3.05, 3.63) is 52.0 Å². The van der Waals surface area contributed by atoms with Crippen molar-refractivity contribution < 1.29 is 23.8 Å². The van der Waals surface area contributed by atoms with Crippen LogP contribution in [0.3, 0.4) is 0 Å². The maximum absolute atomic E-state index is 12.9. The lowest BCUT2D eigenvalue weighted by Gasteiger charge is -2.38. The number of carbonyl (C=O) groups excluding carboxylic acids is 2. The summed E-state index contributed by atoms with van der Waals surface area (Å²) in [5.41, 5.74) is 7.59. The molecule has 0 radical (unpaired) electrons. The molecule has 1 saturated heterocycles. The van der Waals surface area contributed by atoms with Crippen molar-refractivity contribution >= 4 is 54.1 Å². The van der Waals surface area contributed by atoms with Crippen molar-refractivity contribution in [1.29, 1.82) is 0 Å². The van der Waals surface area contributed by atoms with Gasteiger partial charge < -0.3 is 30.6 Å². The maximum Gasteiger partial charge on any atom is 0.338 e. The second-order valence-corrected chi connectivity index (χ2v) is 8.86. The van der Waals surface area contributed by atoms with Crippen molar-refractivity contribution in [3.8, 4) is 5.88 Å². The van der Waals surface area contributed by atoms with Gasteiger partial charge in [0.25, 0.3) is 5.91 Å². The van der Waals surface area contributed by atoms with Crippen molar-refractivity contribution in [2.45, 2.75) is 32.0 Å². The van der Waals surface area contributed by atoms with Crippen molar-refractivity contribution in [2.24, 2.45) is 0 Å². The molecule has 3 rings (SSSR count). The van der Waals surface area contributed by atoms with E-state index in [1.807, 2.05) is 12.1 Å². The number of aromatic nitrogens is 1. The highest BCUT2D eigenvalue weighted by atomic mass is 35.5. The number of amides is 1. The Morgan fingerprint density at radius 2 is 1.92 bits per heavy atom. The molecule has 0 unspecified atom stereocenters. The van der Waals surface area contributed by atoms with Crippen LogP contribution >= 0.6 is 36.4 Å². The molecule has 1 amide bonds. The molecule has 4 N–H and O–H groups in total. The van der Waals surface area contributed by atoms with Crippen LogP contribution < -0.4 is 21.1 Å². The first-order chi connectivity index (χ1) is 17.4. The lowest BCUT2D eigenvalue weighted by molar-refractivity contribution is 0.00676. The Morgan fingerprint density at radius 1 is 1.21 bits per heavy atom. The van der Waals surface area contributed by atoms with E-state index in [4.69, 9.17) is 31.5 Å². The quantitative estimate of drug-likeness (QED) is 0.266. The second kappa shape index (κ2) is 16.6. The van der Waals surface area contributed by atoms with E-state index >= 15 is 0 Å². The summed E-state index contributed by atoms with van der Waals surface area (Å²) in [6, 6.07) is 8.71. The largest absolute Gasteiger partial charge is 0.480 e. The van der Waals surface area contributed by atoms with Gasteiger partial charge in [-0.05, 0) is 37.1 Å². The van der Waals surface area contributed by atoms with Crippen LogP contribution in [0.1, 0.15) is 39.6 Å². The number of nitrogens with zero attached hydrogens (tertiary/aromatic N) is 2. The Kier molecular flexibility index (Phi) is 14.7. The number of hydrogen-bond acceptors (Lipinski definition) is 9. The number of anilines is 1. The fraction of sp³-hybridized carbons (Fsp3) is 0.480. The zero-order valence-corrected chi connectivity index (χ0v) is 24.1. The van der Waals surface area contributed by atoms with Gasteiger partial charge in [-0.25, -0.2) is 4.79 Å². The highest BCUT2D eigenvalue weighted by Crippen LogP contribution is 2.25. The molecule has 212 valence electrons. The fourth-order valence-electron chi connectivity index (χ4n) is 4.08. The number of nitrogens with two attached hydrogens (primary N) is 1. The summed E-state index contributed by atoms with van der Waals surface area (Å²) >= 11 is 6.06. The van der Waals surface area contributed by atoms with Gasteiger partial charge in [0.2, 0.25) is 5.88 Å². The summed E-state index contributed by atoms with van der Waals surface area (Å²) in [6.07, 6.45) is 0.569. The molecule has 0 spiro atoms. The number of nitrogen functional groups attached to an aromatic ring is 1. The van der Waals surface area contributed by atoms with E-state index in [0.29, 0.717) is 25.3 Å². The van der Waals surface area contributed by atoms with Gasteiger partial charge in [0.1, 0.15) is 11.4 Å². The number of nitrogens with one attached hydrogen (secondary N) is 2. The first-order valence-electron chi connectivity index (χ1n) is 11.9. The second-order valence-electron chi connectivity index (χ2n) is 8.45. The molecule has 38 heavy (non-hydrogen) atoms. The summed E-state index contributed by atoms with van der Waals surface area (Å²) in [7, 11) is 3.07. The van der Waals surface area contributed by atoms with Crippen LogP contribution in [-0.4, -0.2) is 80.9 Å². The van der Waals surface area contributed by atoms with Crippen LogP contribution in [0.15, 0.2) is 30.3 Å². The number of pyridine rings is 1. The molecule has 1 aromatic carbocycles. The predicted octanol–water partition coefficient (Wildman–Crippen LogP) is 2.96. The van der Waals surface area contributed by atoms with E-state index in [1.54, 1.807) is 26.2 Å². The number of rotatable bonds is 11. The number of carbonyl (C=O) groups is 2. The zero-order valence-electron chi connectivity index (χ0n) is 21.7. The van der Waals surface area contributed by atoms with Crippen molar-refractivity contribution in [3.63, 3.8) is 0 Å². The molecule has 0 saturated carbocycles. The van der Waals surface area contributed by atoms with Gasteiger partial charge in [-0.2, -0.15) is 4.98 Å². The van der Waals surface area contributed by atoms with Gasteiger partial charge in [-0.15, -0.1) is 24.8 Å². The van der Waals surface area contributed by atoms with E-state index < -0.39 is 0 Å². The van der Waals surface area contributed by atoms with Crippen molar-refractivity contribution in [2.75, 3.05) is 52.7 Å². The number of hydrogen-bond donors (Lipinski definition) is 3. The molecule has 2 heterocycles. The minimum Gasteiger partial charge on any atom is -0.480 e. The molecule has 2 aromatic rings. The summed E-state index contributed by atoms with van der Waals surface area (Å²) in [5, 5.41) is 6.66. The summed E-state index contributed by atoms with van der Waals surface area (Å²) in [6.45, 7) is 5.99. The van der Waals surface area contributed by atoms with E-state index in [1.165, 1.54) is 13.2 Å². The molecule has 10 nitrogen and oxygen atoms in total. The molecule has 1 aromatic heterocycles. The molecule has 13 heteroatoms. The number of halogens is 3. The molecular weight excluding hydrogens is 557 g/mol. The van der Waals surface area contributed by atoms with E-state index in [9.17, 15) is 9.59 Å². The van der Waals surface area contributed by atoms with Gasteiger partial charge in [0.15, 0.2) is 0 Å². The lowest BCUT2D eigenvalue weighted by Crippen LogP contribution is -2.55. The van der Waals surface area contributed by atoms with E-state index in [0.717, 1.165) is 31.6 Å². The highest BCUT2D eigenvalue weighted by Gasteiger charge is 2.31. The Labute approximate surface area is 240 Å². The van der Waals surface area contributed by atoms with Gasteiger partial charge in [0.05, 0.1) is 36.4 Å². The third kappa shape index (κ3) is 9.14. The van der Waals surface area contributed by atoms with Gasteiger partial charge in [-0.1, -0.05) is 23.7 Å². The number of methoxy groups -OCH3 is 2. The summed E-state index contributed by atoms with van der Waals surface area (Å²) in [5.74, 6) is -0.410. The van der Waals surface area contributed by atoms with E-state index in [2.05, 4.69) is 20.5 Å². The Hall–Kier alpha value is -2.34. The molecule has 1 aliphatic rings. The minimum atomic E-state index is -0.336.